The van der Waals surface area contributed by atoms with Crippen LogP contribution < -0.4 is 14.4 Å². The maximum atomic E-state index is 13.5. The zero-order valence-corrected chi connectivity index (χ0v) is 19.3. The Morgan fingerprint density at radius 2 is 1.76 bits per heavy atom. The molecule has 0 spiro atoms. The number of nitrogens with zero attached hydrogens (tertiary/aromatic N) is 2. The Morgan fingerprint density at radius 1 is 1.03 bits per heavy atom. The number of fused-ring (bicyclic) bond motifs is 1. The number of anilines is 1. The number of hydrogen-bond acceptors (Lipinski definition) is 7. The van der Waals surface area contributed by atoms with E-state index < -0.39 is 28.0 Å². The Bertz CT molecular complexity index is 1130. The van der Waals surface area contributed by atoms with Crippen molar-refractivity contribution >= 4 is 27.6 Å². The predicted octanol–water partition coefficient (Wildman–Crippen LogP) is 2.06. The minimum Gasteiger partial charge on any atom is -0.497 e. The van der Waals surface area contributed by atoms with E-state index in [4.69, 9.17) is 14.2 Å². The fourth-order valence-corrected chi connectivity index (χ4v) is 5.70. The van der Waals surface area contributed by atoms with Gasteiger partial charge in [-0.1, -0.05) is 12.1 Å². The molecule has 1 saturated heterocycles. The van der Waals surface area contributed by atoms with Gasteiger partial charge in [0.1, 0.15) is 11.5 Å². The number of carbonyl (C=O) groups is 2. The van der Waals surface area contributed by atoms with Gasteiger partial charge < -0.3 is 19.1 Å². The maximum absolute atomic E-state index is 13.5. The second-order valence-electron chi connectivity index (χ2n) is 7.92. The summed E-state index contributed by atoms with van der Waals surface area (Å²) in [5.74, 6) is -0.391. The third kappa shape index (κ3) is 4.53. The molecule has 2 aromatic rings. The Labute approximate surface area is 192 Å². The number of methoxy groups -OCH3 is 2. The zero-order valence-electron chi connectivity index (χ0n) is 18.5. The maximum Gasteiger partial charge on any atom is 0.348 e. The molecular formula is C23H26N2O7S. The van der Waals surface area contributed by atoms with E-state index >= 15 is 0 Å². The molecule has 176 valence electrons. The van der Waals surface area contributed by atoms with E-state index in [1.807, 2.05) is 0 Å². The molecule has 1 fully saturated rings. The SMILES string of the molecule is COC(=O)[C@@H]1CN(C(=O)[C@H]2CCCN(S(=O)(=O)c3ccc(OC)cc3)C2)c2ccccc2O1. The lowest BCUT2D eigenvalue weighted by Crippen LogP contribution is -2.52. The summed E-state index contributed by atoms with van der Waals surface area (Å²) in [5, 5.41) is 0. The minimum absolute atomic E-state index is 0.00422. The first-order valence-electron chi connectivity index (χ1n) is 10.6. The van der Waals surface area contributed by atoms with Crippen LogP contribution >= 0.6 is 0 Å². The summed E-state index contributed by atoms with van der Waals surface area (Å²) in [4.78, 5) is 27.3. The van der Waals surface area contributed by atoms with Crippen LogP contribution in [0.25, 0.3) is 0 Å². The topological polar surface area (TPSA) is 102 Å². The molecule has 0 bridgehead atoms. The Hall–Kier alpha value is -3.11. The summed E-state index contributed by atoms with van der Waals surface area (Å²) in [5.41, 5.74) is 0.554. The first-order chi connectivity index (χ1) is 15.8. The zero-order chi connectivity index (χ0) is 23.6. The summed E-state index contributed by atoms with van der Waals surface area (Å²) in [6, 6.07) is 13.2. The monoisotopic (exact) mass is 474 g/mol. The number of rotatable bonds is 5. The second-order valence-corrected chi connectivity index (χ2v) is 9.86. The molecule has 0 unspecified atom stereocenters. The number of benzene rings is 2. The third-order valence-electron chi connectivity index (χ3n) is 5.93. The van der Waals surface area contributed by atoms with E-state index in [0.29, 0.717) is 36.6 Å². The van der Waals surface area contributed by atoms with Gasteiger partial charge in [0.05, 0.1) is 37.3 Å². The van der Waals surface area contributed by atoms with E-state index in [0.717, 1.165) is 0 Å². The van der Waals surface area contributed by atoms with Gasteiger partial charge in [-0.2, -0.15) is 4.31 Å². The first-order valence-corrected chi connectivity index (χ1v) is 12.1. The van der Waals surface area contributed by atoms with Gasteiger partial charge in [-0.25, -0.2) is 13.2 Å². The molecule has 2 atom stereocenters. The van der Waals surface area contributed by atoms with Crippen molar-refractivity contribution in [3.05, 3.63) is 48.5 Å². The normalized spacial score (nSPS) is 21.0. The van der Waals surface area contributed by atoms with Crippen LogP contribution in [0.1, 0.15) is 12.8 Å². The van der Waals surface area contributed by atoms with Crippen molar-refractivity contribution in [1.29, 1.82) is 0 Å². The van der Waals surface area contributed by atoms with Gasteiger partial charge in [0.2, 0.25) is 22.0 Å². The molecule has 0 aliphatic carbocycles. The number of sulfonamides is 1. The van der Waals surface area contributed by atoms with E-state index in [1.54, 1.807) is 36.4 Å². The van der Waals surface area contributed by atoms with Crippen molar-refractivity contribution < 1.29 is 32.2 Å². The first kappa shape index (κ1) is 23.1. The number of ether oxygens (including phenoxy) is 3. The second kappa shape index (κ2) is 9.40. The lowest BCUT2D eigenvalue weighted by Gasteiger charge is -2.38. The number of carbonyl (C=O) groups excluding carboxylic acids is 2. The van der Waals surface area contributed by atoms with Gasteiger partial charge in [0, 0.05) is 13.1 Å². The average molecular weight is 475 g/mol. The molecule has 2 aliphatic rings. The highest BCUT2D eigenvalue weighted by Gasteiger charge is 2.40. The molecule has 0 saturated carbocycles. The Balaban J connectivity index is 1.56. The highest BCUT2D eigenvalue weighted by atomic mass is 32.2. The molecular weight excluding hydrogens is 448 g/mol. The van der Waals surface area contributed by atoms with Crippen LogP contribution in [0, 0.1) is 5.92 Å². The van der Waals surface area contributed by atoms with Crippen LogP contribution in [0.4, 0.5) is 5.69 Å². The number of para-hydroxylation sites is 2. The van der Waals surface area contributed by atoms with Crippen LogP contribution in [0.3, 0.4) is 0 Å². The molecule has 0 radical (unpaired) electrons. The number of hydrogen-bond donors (Lipinski definition) is 0. The van der Waals surface area contributed by atoms with Crippen LogP contribution in [-0.4, -0.2) is 64.6 Å². The molecule has 10 heteroatoms. The molecule has 9 nitrogen and oxygen atoms in total. The molecule has 2 aliphatic heterocycles. The smallest absolute Gasteiger partial charge is 0.348 e. The van der Waals surface area contributed by atoms with Crippen molar-refractivity contribution in [2.45, 2.75) is 23.8 Å². The number of amides is 1. The molecule has 0 N–H and O–H groups in total. The molecule has 2 aromatic carbocycles. The summed E-state index contributed by atoms with van der Waals surface area (Å²) < 4.78 is 43.4. The Kier molecular flexibility index (Phi) is 6.57. The lowest BCUT2D eigenvalue weighted by molar-refractivity contribution is -0.148. The molecule has 2 heterocycles. The fourth-order valence-electron chi connectivity index (χ4n) is 4.18. The van der Waals surface area contributed by atoms with Crippen molar-refractivity contribution in [3.63, 3.8) is 0 Å². The highest BCUT2D eigenvalue weighted by Crippen LogP contribution is 2.35. The van der Waals surface area contributed by atoms with E-state index in [9.17, 15) is 18.0 Å². The van der Waals surface area contributed by atoms with Gasteiger partial charge in [-0.3, -0.25) is 4.79 Å². The van der Waals surface area contributed by atoms with Crippen molar-refractivity contribution in [2.75, 3.05) is 38.8 Å². The van der Waals surface area contributed by atoms with Crippen LogP contribution in [-0.2, 0) is 24.3 Å². The van der Waals surface area contributed by atoms with E-state index in [2.05, 4.69) is 0 Å². The Morgan fingerprint density at radius 3 is 2.45 bits per heavy atom. The van der Waals surface area contributed by atoms with Gasteiger partial charge in [0.15, 0.2) is 0 Å². The average Bonchev–Trinajstić information content (AvgIpc) is 2.87. The van der Waals surface area contributed by atoms with Gasteiger partial charge >= 0.3 is 5.97 Å². The fraction of sp³-hybridized carbons (Fsp3) is 0.391. The van der Waals surface area contributed by atoms with Crippen molar-refractivity contribution in [3.8, 4) is 11.5 Å². The lowest BCUT2D eigenvalue weighted by atomic mass is 9.97. The molecule has 0 aromatic heterocycles. The minimum atomic E-state index is -3.76. The molecule has 1 amide bonds. The van der Waals surface area contributed by atoms with Gasteiger partial charge in [0.25, 0.3) is 0 Å². The van der Waals surface area contributed by atoms with Crippen LogP contribution in [0.15, 0.2) is 53.4 Å². The summed E-state index contributed by atoms with van der Waals surface area (Å²) in [6.07, 6.45) is 0.158. The predicted molar refractivity (Wildman–Crippen MR) is 120 cm³/mol. The highest BCUT2D eigenvalue weighted by molar-refractivity contribution is 7.89. The third-order valence-corrected chi connectivity index (χ3v) is 7.81. The van der Waals surface area contributed by atoms with Crippen LogP contribution in [0.5, 0.6) is 11.5 Å². The molecule has 33 heavy (non-hydrogen) atoms. The standard InChI is InChI=1S/C23H26N2O7S/c1-30-17-9-11-18(12-10-17)33(28,29)24-13-5-6-16(14-24)22(26)25-15-21(23(27)31-2)32-20-8-4-3-7-19(20)25/h3-4,7-12,16,21H,5-6,13-15H2,1-2H3/t16-,21-/m0/s1. The summed E-state index contributed by atoms with van der Waals surface area (Å²) in [7, 11) is -0.987. The van der Waals surface area contributed by atoms with E-state index in [-0.39, 0.29) is 23.9 Å². The van der Waals surface area contributed by atoms with Crippen molar-refractivity contribution in [2.24, 2.45) is 5.92 Å². The van der Waals surface area contributed by atoms with Crippen molar-refractivity contribution in [1.82, 2.24) is 4.31 Å². The summed E-state index contributed by atoms with van der Waals surface area (Å²) in [6.45, 7) is 0.405. The quantitative estimate of drug-likeness (QED) is 0.611. The van der Waals surface area contributed by atoms with Gasteiger partial charge in [-0.15, -0.1) is 0 Å². The summed E-state index contributed by atoms with van der Waals surface area (Å²) >= 11 is 0. The molecule has 4 rings (SSSR count). The van der Waals surface area contributed by atoms with Gasteiger partial charge in [-0.05, 0) is 49.2 Å². The largest absolute Gasteiger partial charge is 0.497 e. The number of piperidine rings is 1. The van der Waals surface area contributed by atoms with E-state index in [1.165, 1.54) is 35.6 Å². The van der Waals surface area contributed by atoms with Crippen LogP contribution in [0.2, 0.25) is 0 Å². The number of esters is 1.